The number of hydrogen-bond acceptors (Lipinski definition) is 2. The summed E-state index contributed by atoms with van der Waals surface area (Å²) in [5.74, 6) is 0.587. The largest absolute Gasteiger partial charge is 0.308 e. The lowest BCUT2D eigenvalue weighted by molar-refractivity contribution is 1.53. The summed E-state index contributed by atoms with van der Waals surface area (Å²) < 4.78 is 0. The Morgan fingerprint density at radius 3 is 2.50 bits per heavy atom. The van der Waals surface area contributed by atoms with Gasteiger partial charge in [0, 0.05) is 12.0 Å². The second kappa shape index (κ2) is 2.97. The van der Waals surface area contributed by atoms with Crippen LogP contribution in [0.3, 0.4) is 0 Å². The molecule has 0 saturated carbocycles. The van der Waals surface area contributed by atoms with Crippen LogP contribution in [0, 0.1) is 5.41 Å². The van der Waals surface area contributed by atoms with E-state index in [9.17, 15) is 0 Å². The standard InChI is InChI=1S/C4H7NS/c1-4(2-5)3-6/h2,5-6H,1,3H2. The zero-order valence-electron chi connectivity index (χ0n) is 3.44. The molecule has 0 aliphatic carbocycles. The molecule has 0 saturated heterocycles. The molecular weight excluding hydrogens is 94.1 g/mol. The fourth-order valence-corrected chi connectivity index (χ4v) is 0.137. The molecule has 0 aromatic heterocycles. The highest BCUT2D eigenvalue weighted by Crippen LogP contribution is 1.84. The average molecular weight is 101 g/mol. The molecule has 0 radical (unpaired) electrons. The summed E-state index contributed by atoms with van der Waals surface area (Å²) in [6.07, 6.45) is 1.20. The third-order valence-corrected chi connectivity index (χ3v) is 0.813. The molecule has 34 valence electrons. The van der Waals surface area contributed by atoms with Gasteiger partial charge < -0.3 is 5.41 Å². The minimum absolute atomic E-state index is 0.587. The van der Waals surface area contributed by atoms with Crippen LogP contribution in [-0.2, 0) is 0 Å². The van der Waals surface area contributed by atoms with E-state index in [0.717, 1.165) is 5.57 Å². The molecule has 0 heterocycles. The molecule has 0 unspecified atom stereocenters. The maximum absolute atomic E-state index is 6.54. The predicted molar refractivity (Wildman–Crippen MR) is 31.8 cm³/mol. The van der Waals surface area contributed by atoms with Crippen LogP contribution in [0.4, 0.5) is 0 Å². The summed E-state index contributed by atoms with van der Waals surface area (Å²) in [5, 5.41) is 6.54. The molecule has 0 aliphatic rings. The van der Waals surface area contributed by atoms with Crippen molar-refractivity contribution in [3.63, 3.8) is 0 Å². The highest BCUT2D eigenvalue weighted by molar-refractivity contribution is 7.80. The zero-order valence-corrected chi connectivity index (χ0v) is 4.33. The van der Waals surface area contributed by atoms with Crippen LogP contribution in [0.15, 0.2) is 12.2 Å². The van der Waals surface area contributed by atoms with Crippen LogP contribution in [0.5, 0.6) is 0 Å². The second-order valence-electron chi connectivity index (χ2n) is 0.961. The van der Waals surface area contributed by atoms with Gasteiger partial charge in [0.2, 0.25) is 0 Å². The van der Waals surface area contributed by atoms with Crippen molar-refractivity contribution in [2.24, 2.45) is 0 Å². The molecule has 0 fully saturated rings. The van der Waals surface area contributed by atoms with E-state index in [0.29, 0.717) is 5.75 Å². The normalized spacial score (nSPS) is 7.50. The lowest BCUT2D eigenvalue weighted by Gasteiger charge is -1.81. The van der Waals surface area contributed by atoms with Crippen LogP contribution in [0.2, 0.25) is 0 Å². The van der Waals surface area contributed by atoms with E-state index < -0.39 is 0 Å². The Morgan fingerprint density at radius 1 is 2.00 bits per heavy atom. The van der Waals surface area contributed by atoms with Gasteiger partial charge in [0.25, 0.3) is 0 Å². The monoisotopic (exact) mass is 101 g/mol. The first-order chi connectivity index (χ1) is 2.81. The summed E-state index contributed by atoms with van der Waals surface area (Å²) in [5.41, 5.74) is 0.748. The van der Waals surface area contributed by atoms with Crippen molar-refractivity contribution in [2.45, 2.75) is 0 Å². The Balaban J connectivity index is 3.23. The Kier molecular flexibility index (Phi) is 2.85. The maximum atomic E-state index is 6.54. The van der Waals surface area contributed by atoms with Crippen LogP contribution in [-0.4, -0.2) is 12.0 Å². The van der Waals surface area contributed by atoms with Crippen LogP contribution in [0.25, 0.3) is 0 Å². The maximum Gasteiger partial charge on any atom is 0.0212 e. The number of nitrogens with one attached hydrogen (secondary N) is 1. The summed E-state index contributed by atoms with van der Waals surface area (Å²) in [6, 6.07) is 0. The van der Waals surface area contributed by atoms with E-state index in [-0.39, 0.29) is 0 Å². The van der Waals surface area contributed by atoms with E-state index in [2.05, 4.69) is 19.2 Å². The van der Waals surface area contributed by atoms with Crippen molar-refractivity contribution in [3.05, 3.63) is 12.2 Å². The highest BCUT2D eigenvalue weighted by Gasteiger charge is 1.75. The van der Waals surface area contributed by atoms with E-state index in [1.54, 1.807) is 0 Å². The Morgan fingerprint density at radius 2 is 2.50 bits per heavy atom. The van der Waals surface area contributed by atoms with Crippen molar-refractivity contribution in [1.82, 2.24) is 0 Å². The molecule has 6 heavy (non-hydrogen) atoms. The molecule has 0 aromatic carbocycles. The first-order valence-corrected chi connectivity index (χ1v) is 2.23. The van der Waals surface area contributed by atoms with Crippen LogP contribution >= 0.6 is 12.6 Å². The summed E-state index contributed by atoms with van der Waals surface area (Å²) in [7, 11) is 0. The van der Waals surface area contributed by atoms with Gasteiger partial charge in [0.05, 0.1) is 0 Å². The molecule has 0 aromatic rings. The van der Waals surface area contributed by atoms with E-state index in [4.69, 9.17) is 5.41 Å². The molecule has 0 spiro atoms. The van der Waals surface area contributed by atoms with Crippen molar-refractivity contribution >= 4 is 18.8 Å². The Bertz CT molecular complexity index is 67.9. The molecule has 1 nitrogen and oxygen atoms in total. The lowest BCUT2D eigenvalue weighted by Crippen LogP contribution is -1.78. The van der Waals surface area contributed by atoms with Gasteiger partial charge in [-0.05, 0) is 5.57 Å². The fourth-order valence-electron chi connectivity index (χ4n) is 0.0456. The highest BCUT2D eigenvalue weighted by atomic mass is 32.1. The molecule has 0 aliphatic heterocycles. The average Bonchev–Trinajstić information content (AvgIpc) is 1.65. The second-order valence-corrected chi connectivity index (χ2v) is 1.28. The first kappa shape index (κ1) is 5.76. The number of rotatable bonds is 2. The van der Waals surface area contributed by atoms with Gasteiger partial charge in [0.1, 0.15) is 0 Å². The smallest absolute Gasteiger partial charge is 0.0212 e. The minimum atomic E-state index is 0.587. The number of hydrogen-bond donors (Lipinski definition) is 2. The minimum Gasteiger partial charge on any atom is -0.308 e. The SMILES string of the molecule is C=C(C=N)CS. The third kappa shape index (κ3) is 2.03. The van der Waals surface area contributed by atoms with Gasteiger partial charge in [-0.25, -0.2) is 0 Å². The van der Waals surface area contributed by atoms with Gasteiger partial charge in [-0.3, -0.25) is 0 Å². The van der Waals surface area contributed by atoms with Gasteiger partial charge >= 0.3 is 0 Å². The molecule has 0 amide bonds. The van der Waals surface area contributed by atoms with Gasteiger partial charge in [-0.2, -0.15) is 12.6 Å². The fraction of sp³-hybridized carbons (Fsp3) is 0.250. The van der Waals surface area contributed by atoms with Crippen LogP contribution < -0.4 is 0 Å². The Hall–Kier alpha value is -0.240. The summed E-state index contributed by atoms with van der Waals surface area (Å²) in [4.78, 5) is 0. The van der Waals surface area contributed by atoms with Gasteiger partial charge in [0.15, 0.2) is 0 Å². The first-order valence-electron chi connectivity index (χ1n) is 1.60. The molecule has 1 N–H and O–H groups in total. The van der Waals surface area contributed by atoms with E-state index in [1.807, 2.05) is 0 Å². The molecule has 0 atom stereocenters. The molecular formula is C4H7NS. The number of thiol groups is 1. The van der Waals surface area contributed by atoms with Gasteiger partial charge in [-0.1, -0.05) is 6.58 Å². The molecule has 2 heteroatoms. The topological polar surface area (TPSA) is 23.9 Å². The Labute approximate surface area is 43.0 Å². The summed E-state index contributed by atoms with van der Waals surface area (Å²) >= 11 is 3.84. The van der Waals surface area contributed by atoms with Crippen molar-refractivity contribution < 1.29 is 0 Å². The van der Waals surface area contributed by atoms with Gasteiger partial charge in [-0.15, -0.1) is 0 Å². The van der Waals surface area contributed by atoms with Crippen molar-refractivity contribution in [1.29, 1.82) is 5.41 Å². The lowest BCUT2D eigenvalue weighted by atomic mass is 10.4. The zero-order chi connectivity index (χ0) is 4.99. The van der Waals surface area contributed by atoms with E-state index >= 15 is 0 Å². The predicted octanol–water partition coefficient (Wildman–Crippen LogP) is 1.12. The summed E-state index contributed by atoms with van der Waals surface area (Å²) in [6.45, 7) is 3.47. The van der Waals surface area contributed by atoms with Crippen LogP contribution in [0.1, 0.15) is 0 Å². The third-order valence-electron chi connectivity index (χ3n) is 0.407. The van der Waals surface area contributed by atoms with E-state index in [1.165, 1.54) is 6.21 Å². The van der Waals surface area contributed by atoms with Crippen molar-refractivity contribution in [2.75, 3.05) is 5.75 Å². The molecule has 0 bridgehead atoms. The quantitative estimate of drug-likeness (QED) is 0.385. The van der Waals surface area contributed by atoms with Crippen molar-refractivity contribution in [3.8, 4) is 0 Å². The molecule has 0 rings (SSSR count).